The number of nitrogens with zero attached hydrogens (tertiary/aromatic N) is 3. The summed E-state index contributed by atoms with van der Waals surface area (Å²) in [5.41, 5.74) is 1.51. The molecule has 7 nitrogen and oxygen atoms in total. The van der Waals surface area contributed by atoms with Gasteiger partial charge in [-0.25, -0.2) is 9.78 Å². The largest absolute Gasteiger partial charge is 0.441 e. The molecule has 1 aliphatic carbocycles. The van der Waals surface area contributed by atoms with E-state index in [1.54, 1.807) is 6.07 Å². The van der Waals surface area contributed by atoms with Crippen molar-refractivity contribution in [1.82, 2.24) is 14.8 Å². The second kappa shape index (κ2) is 8.87. The van der Waals surface area contributed by atoms with Gasteiger partial charge in [-0.15, -0.1) is 0 Å². The number of halogens is 1. The second-order valence-electron chi connectivity index (χ2n) is 8.98. The molecule has 1 aromatic heterocycles. The maximum Gasteiger partial charge on any atom is 0.327 e. The first-order valence-corrected chi connectivity index (χ1v) is 11.8. The normalized spacial score (nSPS) is 26.0. The van der Waals surface area contributed by atoms with Crippen molar-refractivity contribution in [3.05, 3.63) is 40.7 Å². The Balaban J connectivity index is 1.42. The molecule has 5 rings (SSSR count). The lowest BCUT2D eigenvalue weighted by atomic mass is 9.81. The molecule has 8 heteroatoms. The van der Waals surface area contributed by atoms with Crippen LogP contribution in [0.4, 0.5) is 4.79 Å². The number of imide groups is 1. The van der Waals surface area contributed by atoms with Gasteiger partial charge in [0.25, 0.3) is 0 Å². The smallest absolute Gasteiger partial charge is 0.327 e. The molecule has 3 unspecified atom stereocenters. The fourth-order valence-electron chi connectivity index (χ4n) is 5.19. The lowest BCUT2D eigenvalue weighted by Gasteiger charge is -2.47. The summed E-state index contributed by atoms with van der Waals surface area (Å²) in [5.74, 6) is 0.963. The van der Waals surface area contributed by atoms with Crippen LogP contribution in [-0.4, -0.2) is 52.0 Å². The molecule has 0 bridgehead atoms. The standard InChI is InChI=1S/C24H28ClN3O4/c1-15-20(26-22(32-15)16-6-4-7-17(25)12-16)14-27-21-10-3-2-9-19(21)23(29)28(24(27)30)13-18-8-5-11-31-18/h4,6-7,12,18-19,21H,2-3,5,8-11,13-14H2,1H3. The number of oxazole rings is 1. The van der Waals surface area contributed by atoms with Crippen molar-refractivity contribution >= 4 is 23.5 Å². The molecule has 1 saturated carbocycles. The van der Waals surface area contributed by atoms with Crippen LogP contribution in [0.3, 0.4) is 0 Å². The Hall–Kier alpha value is -2.38. The van der Waals surface area contributed by atoms with E-state index in [1.807, 2.05) is 30.0 Å². The summed E-state index contributed by atoms with van der Waals surface area (Å²) in [4.78, 5) is 34.7. The zero-order valence-electron chi connectivity index (χ0n) is 18.3. The van der Waals surface area contributed by atoms with Gasteiger partial charge >= 0.3 is 6.03 Å². The molecule has 0 radical (unpaired) electrons. The molecular formula is C24H28ClN3O4. The van der Waals surface area contributed by atoms with Gasteiger partial charge in [0.05, 0.1) is 25.1 Å². The number of rotatable bonds is 5. The summed E-state index contributed by atoms with van der Waals surface area (Å²) in [5, 5.41) is 0.611. The van der Waals surface area contributed by atoms with E-state index in [4.69, 9.17) is 20.8 Å². The highest BCUT2D eigenvalue weighted by atomic mass is 35.5. The minimum atomic E-state index is -0.236. The van der Waals surface area contributed by atoms with Crippen molar-refractivity contribution < 1.29 is 18.7 Å². The maximum absolute atomic E-state index is 13.5. The number of fused-ring (bicyclic) bond motifs is 1. The van der Waals surface area contributed by atoms with Gasteiger partial charge in [0, 0.05) is 23.2 Å². The number of aromatic nitrogens is 1. The number of carbonyl (C=O) groups is 2. The number of urea groups is 1. The number of amides is 3. The minimum Gasteiger partial charge on any atom is -0.441 e. The quantitative estimate of drug-likeness (QED) is 0.644. The Morgan fingerprint density at radius 1 is 1.16 bits per heavy atom. The number of benzene rings is 1. The van der Waals surface area contributed by atoms with Crippen LogP contribution in [-0.2, 0) is 16.1 Å². The lowest BCUT2D eigenvalue weighted by Crippen LogP contribution is -2.63. The highest BCUT2D eigenvalue weighted by molar-refractivity contribution is 6.30. The average molecular weight is 458 g/mol. The molecule has 3 heterocycles. The molecule has 0 N–H and O–H groups in total. The van der Waals surface area contributed by atoms with Crippen molar-refractivity contribution in [3.63, 3.8) is 0 Å². The number of ether oxygens (including phenoxy) is 1. The van der Waals surface area contributed by atoms with Gasteiger partial charge in [-0.1, -0.05) is 30.5 Å². The first kappa shape index (κ1) is 21.5. The van der Waals surface area contributed by atoms with Crippen LogP contribution in [0.1, 0.15) is 50.0 Å². The zero-order chi connectivity index (χ0) is 22.2. The fourth-order valence-corrected chi connectivity index (χ4v) is 5.38. The molecule has 3 aliphatic rings. The predicted molar refractivity (Wildman–Crippen MR) is 119 cm³/mol. The van der Waals surface area contributed by atoms with Crippen molar-refractivity contribution in [2.75, 3.05) is 13.2 Å². The third-order valence-corrected chi connectivity index (χ3v) is 7.12. The lowest BCUT2D eigenvalue weighted by molar-refractivity contribution is -0.142. The van der Waals surface area contributed by atoms with E-state index in [-0.39, 0.29) is 30.0 Å². The van der Waals surface area contributed by atoms with E-state index in [1.165, 1.54) is 4.90 Å². The first-order valence-electron chi connectivity index (χ1n) is 11.5. The van der Waals surface area contributed by atoms with Gasteiger partial charge < -0.3 is 14.1 Å². The van der Waals surface area contributed by atoms with Crippen molar-refractivity contribution in [3.8, 4) is 11.5 Å². The van der Waals surface area contributed by atoms with Crippen LogP contribution in [0.25, 0.3) is 11.5 Å². The van der Waals surface area contributed by atoms with Crippen LogP contribution in [0.5, 0.6) is 0 Å². The van der Waals surface area contributed by atoms with Crippen molar-refractivity contribution in [2.45, 2.75) is 64.1 Å². The van der Waals surface area contributed by atoms with Crippen LogP contribution in [0, 0.1) is 12.8 Å². The molecule has 1 aromatic carbocycles. The van der Waals surface area contributed by atoms with E-state index < -0.39 is 0 Å². The fraction of sp³-hybridized carbons (Fsp3) is 0.542. The van der Waals surface area contributed by atoms with Gasteiger partial charge in [0.15, 0.2) is 0 Å². The number of hydrogen-bond donors (Lipinski definition) is 0. The van der Waals surface area contributed by atoms with Gasteiger partial charge in [0.2, 0.25) is 11.8 Å². The molecule has 3 fully saturated rings. The molecule has 2 aromatic rings. The Labute approximate surface area is 192 Å². The number of hydrogen-bond acceptors (Lipinski definition) is 5. The van der Waals surface area contributed by atoms with E-state index in [0.717, 1.165) is 44.1 Å². The minimum absolute atomic E-state index is 0.0389. The van der Waals surface area contributed by atoms with Crippen LogP contribution in [0.2, 0.25) is 5.02 Å². The Bertz CT molecular complexity index is 1020. The van der Waals surface area contributed by atoms with E-state index in [0.29, 0.717) is 42.1 Å². The Morgan fingerprint density at radius 3 is 2.78 bits per heavy atom. The molecular weight excluding hydrogens is 430 g/mol. The Kier molecular flexibility index (Phi) is 5.95. The Morgan fingerprint density at radius 2 is 2.00 bits per heavy atom. The number of carbonyl (C=O) groups excluding carboxylic acids is 2. The summed E-state index contributed by atoms with van der Waals surface area (Å²) in [6.45, 7) is 3.22. The van der Waals surface area contributed by atoms with E-state index in [2.05, 4.69) is 4.98 Å². The van der Waals surface area contributed by atoms with Gasteiger partial charge in [-0.05, 0) is 50.8 Å². The summed E-state index contributed by atoms with van der Waals surface area (Å²) >= 11 is 6.12. The first-order chi connectivity index (χ1) is 15.5. The predicted octanol–water partition coefficient (Wildman–Crippen LogP) is 4.81. The maximum atomic E-state index is 13.5. The summed E-state index contributed by atoms with van der Waals surface area (Å²) in [6, 6.07) is 7.03. The molecule has 32 heavy (non-hydrogen) atoms. The highest BCUT2D eigenvalue weighted by Gasteiger charge is 2.47. The molecule has 2 aliphatic heterocycles. The molecule has 3 atom stereocenters. The van der Waals surface area contributed by atoms with Crippen LogP contribution in [0.15, 0.2) is 28.7 Å². The summed E-state index contributed by atoms with van der Waals surface area (Å²) in [7, 11) is 0. The summed E-state index contributed by atoms with van der Waals surface area (Å²) < 4.78 is 11.6. The average Bonchev–Trinajstić information content (AvgIpc) is 3.44. The van der Waals surface area contributed by atoms with Crippen molar-refractivity contribution in [1.29, 1.82) is 0 Å². The van der Waals surface area contributed by atoms with Crippen LogP contribution < -0.4 is 0 Å². The van der Waals surface area contributed by atoms with E-state index >= 15 is 0 Å². The second-order valence-corrected chi connectivity index (χ2v) is 9.42. The SMILES string of the molecule is Cc1oc(-c2cccc(Cl)c2)nc1CN1C(=O)N(CC2CCCO2)C(=O)C2CCCCC21. The zero-order valence-corrected chi connectivity index (χ0v) is 19.0. The summed E-state index contributed by atoms with van der Waals surface area (Å²) in [6.07, 6.45) is 5.50. The molecule has 0 spiro atoms. The van der Waals surface area contributed by atoms with Gasteiger partial charge in [0.1, 0.15) is 11.5 Å². The topological polar surface area (TPSA) is 75.9 Å². The van der Waals surface area contributed by atoms with E-state index in [9.17, 15) is 9.59 Å². The molecule has 3 amide bonds. The highest BCUT2D eigenvalue weighted by Crippen LogP contribution is 2.36. The molecule has 2 saturated heterocycles. The third kappa shape index (κ3) is 4.04. The monoisotopic (exact) mass is 457 g/mol. The molecule has 170 valence electrons. The van der Waals surface area contributed by atoms with Crippen molar-refractivity contribution in [2.24, 2.45) is 5.92 Å². The van der Waals surface area contributed by atoms with Gasteiger partial charge in [-0.3, -0.25) is 9.69 Å². The van der Waals surface area contributed by atoms with Gasteiger partial charge in [-0.2, -0.15) is 0 Å². The number of aryl methyl sites for hydroxylation is 1. The van der Waals surface area contributed by atoms with Crippen LogP contribution >= 0.6 is 11.6 Å². The third-order valence-electron chi connectivity index (χ3n) is 6.88.